The Morgan fingerprint density at radius 1 is 1.48 bits per heavy atom. The quantitative estimate of drug-likeness (QED) is 0.746. The lowest BCUT2D eigenvalue weighted by Gasteiger charge is -2.27. The molecule has 1 atom stereocenters. The predicted molar refractivity (Wildman–Crippen MR) is 89.2 cm³/mol. The number of nitriles is 1. The maximum absolute atomic E-state index is 12.5. The van der Waals surface area contributed by atoms with Gasteiger partial charge in [-0.2, -0.15) is 5.26 Å². The number of sulfone groups is 1. The van der Waals surface area contributed by atoms with Crippen LogP contribution in [-0.4, -0.2) is 43.3 Å². The Hall–Kier alpha value is -2.13. The molecule has 0 bridgehead atoms. The number of hydrogen-bond acceptors (Lipinski definition) is 4. The first kappa shape index (κ1) is 17.2. The van der Waals surface area contributed by atoms with Gasteiger partial charge in [0.2, 0.25) is 5.91 Å². The van der Waals surface area contributed by atoms with Gasteiger partial charge in [-0.25, -0.2) is 8.42 Å². The molecule has 0 heterocycles. The minimum atomic E-state index is -3.14. The Morgan fingerprint density at radius 2 is 2.17 bits per heavy atom. The van der Waals surface area contributed by atoms with Crippen molar-refractivity contribution in [3.63, 3.8) is 0 Å². The number of carbonyl (C=O) groups is 1. The van der Waals surface area contributed by atoms with Crippen LogP contribution in [0.4, 0.5) is 0 Å². The van der Waals surface area contributed by atoms with Crippen LogP contribution >= 0.6 is 0 Å². The SMILES string of the molecule is C[C@H](CS(C)(=O)=O)N(C(=O)/C=C/c1cccc(C#N)c1)C1CC1. The number of carbonyl (C=O) groups excluding carboxylic acids is 1. The van der Waals surface area contributed by atoms with Crippen LogP contribution in [0.25, 0.3) is 6.08 Å². The fraction of sp³-hybridized carbons (Fsp3) is 0.412. The number of rotatable bonds is 6. The van der Waals surface area contributed by atoms with Gasteiger partial charge in [0.1, 0.15) is 9.84 Å². The van der Waals surface area contributed by atoms with E-state index in [1.807, 2.05) is 6.07 Å². The van der Waals surface area contributed by atoms with E-state index < -0.39 is 9.84 Å². The van der Waals surface area contributed by atoms with Crippen molar-refractivity contribution >= 4 is 21.8 Å². The van der Waals surface area contributed by atoms with Gasteiger partial charge in [-0.15, -0.1) is 0 Å². The first-order valence-electron chi connectivity index (χ1n) is 7.48. The third-order valence-corrected chi connectivity index (χ3v) is 4.74. The van der Waals surface area contributed by atoms with Crippen molar-refractivity contribution in [1.82, 2.24) is 4.90 Å². The zero-order valence-electron chi connectivity index (χ0n) is 13.3. The van der Waals surface area contributed by atoms with E-state index in [1.165, 1.54) is 12.3 Å². The molecule has 1 aliphatic rings. The van der Waals surface area contributed by atoms with Crippen LogP contribution in [0.2, 0.25) is 0 Å². The van der Waals surface area contributed by atoms with Gasteiger partial charge in [0.15, 0.2) is 0 Å². The standard InChI is InChI=1S/C17H20N2O3S/c1-13(12-23(2,21)22)19(16-7-8-16)17(20)9-6-14-4-3-5-15(10-14)11-18/h3-6,9-10,13,16H,7-8,12H2,1-2H3/b9-6+/t13-/m1/s1. The molecule has 0 radical (unpaired) electrons. The average molecular weight is 332 g/mol. The van der Waals surface area contributed by atoms with Gasteiger partial charge < -0.3 is 4.90 Å². The molecule has 0 unspecified atom stereocenters. The molecule has 5 nitrogen and oxygen atoms in total. The molecule has 0 N–H and O–H groups in total. The Labute approximate surface area is 137 Å². The van der Waals surface area contributed by atoms with E-state index in [0.29, 0.717) is 5.56 Å². The van der Waals surface area contributed by atoms with E-state index in [2.05, 4.69) is 6.07 Å². The summed E-state index contributed by atoms with van der Waals surface area (Å²) in [4.78, 5) is 14.1. The van der Waals surface area contributed by atoms with Gasteiger partial charge in [-0.05, 0) is 43.5 Å². The lowest BCUT2D eigenvalue weighted by atomic mass is 10.1. The molecule has 23 heavy (non-hydrogen) atoms. The number of nitrogens with zero attached hydrogens (tertiary/aromatic N) is 2. The summed E-state index contributed by atoms with van der Waals surface area (Å²) in [6, 6.07) is 8.81. The van der Waals surface area contributed by atoms with Crippen molar-refractivity contribution in [1.29, 1.82) is 5.26 Å². The highest BCUT2D eigenvalue weighted by molar-refractivity contribution is 7.90. The fourth-order valence-corrected chi connectivity index (χ4v) is 3.63. The second-order valence-electron chi connectivity index (χ2n) is 5.99. The summed E-state index contributed by atoms with van der Waals surface area (Å²) in [6.45, 7) is 1.77. The zero-order chi connectivity index (χ0) is 17.0. The molecule has 1 aromatic rings. The Morgan fingerprint density at radius 3 is 2.74 bits per heavy atom. The molecule has 0 spiro atoms. The Balaban J connectivity index is 2.12. The van der Waals surface area contributed by atoms with Crippen molar-refractivity contribution in [2.45, 2.75) is 31.8 Å². The van der Waals surface area contributed by atoms with E-state index in [0.717, 1.165) is 18.4 Å². The molecule has 1 amide bonds. The first-order valence-corrected chi connectivity index (χ1v) is 9.54. The summed E-state index contributed by atoms with van der Waals surface area (Å²) in [5.74, 6) is -0.224. The molecule has 1 fully saturated rings. The van der Waals surface area contributed by atoms with Crippen molar-refractivity contribution in [3.8, 4) is 6.07 Å². The summed E-state index contributed by atoms with van der Waals surface area (Å²) in [6.07, 6.45) is 6.12. The van der Waals surface area contributed by atoms with E-state index in [-0.39, 0.29) is 23.7 Å². The van der Waals surface area contributed by atoms with Crippen LogP contribution in [-0.2, 0) is 14.6 Å². The van der Waals surface area contributed by atoms with E-state index >= 15 is 0 Å². The summed E-state index contributed by atoms with van der Waals surface area (Å²) < 4.78 is 23.0. The normalized spacial score (nSPS) is 16.0. The smallest absolute Gasteiger partial charge is 0.247 e. The summed E-state index contributed by atoms with van der Waals surface area (Å²) in [5.41, 5.74) is 1.30. The molecule has 2 rings (SSSR count). The van der Waals surface area contributed by atoms with Crippen molar-refractivity contribution in [2.75, 3.05) is 12.0 Å². The van der Waals surface area contributed by atoms with Crippen LogP contribution in [0, 0.1) is 11.3 Å². The number of amides is 1. The van der Waals surface area contributed by atoms with Crippen molar-refractivity contribution in [3.05, 3.63) is 41.5 Å². The highest BCUT2D eigenvalue weighted by atomic mass is 32.2. The molecule has 1 saturated carbocycles. The molecule has 0 aromatic heterocycles. The lowest BCUT2D eigenvalue weighted by molar-refractivity contribution is -0.128. The van der Waals surface area contributed by atoms with Crippen LogP contribution < -0.4 is 0 Å². The second kappa shape index (κ2) is 6.97. The van der Waals surface area contributed by atoms with Crippen molar-refractivity contribution < 1.29 is 13.2 Å². The topological polar surface area (TPSA) is 78.2 Å². The highest BCUT2D eigenvalue weighted by Gasteiger charge is 2.35. The molecule has 6 heteroatoms. The van der Waals surface area contributed by atoms with Gasteiger partial charge in [0.05, 0.1) is 17.4 Å². The van der Waals surface area contributed by atoms with Gasteiger partial charge in [-0.1, -0.05) is 12.1 Å². The van der Waals surface area contributed by atoms with E-state index in [4.69, 9.17) is 5.26 Å². The van der Waals surface area contributed by atoms with Gasteiger partial charge in [-0.3, -0.25) is 4.79 Å². The monoisotopic (exact) mass is 332 g/mol. The third-order valence-electron chi connectivity index (χ3n) is 3.65. The summed E-state index contributed by atoms with van der Waals surface area (Å²) in [5, 5.41) is 8.88. The maximum atomic E-state index is 12.5. The van der Waals surface area contributed by atoms with E-state index in [9.17, 15) is 13.2 Å². The Kier molecular flexibility index (Phi) is 5.22. The Bertz CT molecular complexity index is 758. The molecule has 122 valence electrons. The average Bonchev–Trinajstić information content (AvgIpc) is 3.28. The molecule has 0 aliphatic heterocycles. The lowest BCUT2D eigenvalue weighted by Crippen LogP contribution is -2.43. The zero-order valence-corrected chi connectivity index (χ0v) is 14.1. The van der Waals surface area contributed by atoms with Gasteiger partial charge in [0.25, 0.3) is 0 Å². The van der Waals surface area contributed by atoms with Crippen LogP contribution in [0.3, 0.4) is 0 Å². The summed E-state index contributed by atoms with van der Waals surface area (Å²) in [7, 11) is -3.14. The predicted octanol–water partition coefficient (Wildman–Crippen LogP) is 2.00. The maximum Gasteiger partial charge on any atom is 0.247 e. The highest BCUT2D eigenvalue weighted by Crippen LogP contribution is 2.29. The number of hydrogen-bond donors (Lipinski definition) is 0. The third kappa shape index (κ3) is 5.22. The molecule has 0 saturated heterocycles. The summed E-state index contributed by atoms with van der Waals surface area (Å²) >= 11 is 0. The largest absolute Gasteiger partial charge is 0.332 e. The fourth-order valence-electron chi connectivity index (χ4n) is 2.59. The minimum absolute atomic E-state index is 0.0347. The molecular weight excluding hydrogens is 312 g/mol. The first-order chi connectivity index (χ1) is 10.8. The number of benzene rings is 1. The van der Waals surface area contributed by atoms with Crippen LogP contribution in [0.1, 0.15) is 30.9 Å². The van der Waals surface area contributed by atoms with Crippen LogP contribution in [0.15, 0.2) is 30.3 Å². The van der Waals surface area contributed by atoms with E-state index in [1.54, 1.807) is 36.1 Å². The molecule has 1 aromatic carbocycles. The van der Waals surface area contributed by atoms with Crippen LogP contribution in [0.5, 0.6) is 0 Å². The molecule has 1 aliphatic carbocycles. The van der Waals surface area contributed by atoms with Gasteiger partial charge in [0, 0.05) is 24.4 Å². The second-order valence-corrected chi connectivity index (χ2v) is 8.17. The molecular formula is C17H20N2O3S. The van der Waals surface area contributed by atoms with Gasteiger partial charge >= 0.3 is 0 Å². The minimum Gasteiger partial charge on any atom is -0.332 e. The van der Waals surface area contributed by atoms with Crippen molar-refractivity contribution in [2.24, 2.45) is 0 Å².